The van der Waals surface area contributed by atoms with Gasteiger partial charge in [-0.05, 0) is 61.7 Å². The molecule has 0 bridgehead atoms. The molecule has 3 heterocycles. The van der Waals surface area contributed by atoms with Crippen LogP contribution in [0.5, 0.6) is 5.75 Å². The summed E-state index contributed by atoms with van der Waals surface area (Å²) in [5, 5.41) is 2.77. The number of fused-ring (bicyclic) bond motifs is 2. The average molecular weight is 700 g/mol. The first kappa shape index (κ1) is 35.0. The van der Waals surface area contributed by atoms with E-state index in [0.717, 1.165) is 24.3 Å². The molecular weight excluding hydrogens is 668 g/mol. The van der Waals surface area contributed by atoms with Crippen molar-refractivity contribution in [1.29, 1.82) is 0 Å². The molecule has 2 aliphatic rings. The molecule has 0 radical (unpaired) electrons. The lowest BCUT2D eigenvalue weighted by molar-refractivity contribution is -0.274. The molecule has 0 saturated carbocycles. The maximum absolute atomic E-state index is 14.2. The summed E-state index contributed by atoms with van der Waals surface area (Å²) in [7, 11) is -2.20. The van der Waals surface area contributed by atoms with Crippen LogP contribution in [0.2, 0.25) is 0 Å². The van der Waals surface area contributed by atoms with Gasteiger partial charge in [-0.3, -0.25) is 19.2 Å². The highest BCUT2D eigenvalue weighted by atomic mass is 31.2. The van der Waals surface area contributed by atoms with Crippen LogP contribution in [-0.2, 0) is 20.0 Å². The minimum absolute atomic E-state index is 0.103. The molecule has 2 aliphatic heterocycles. The highest BCUT2D eigenvalue weighted by Crippen LogP contribution is 2.52. The molecule has 2 aromatic carbocycles. The van der Waals surface area contributed by atoms with Crippen molar-refractivity contribution in [1.82, 2.24) is 20.1 Å². The zero-order valence-electron chi connectivity index (χ0n) is 25.5. The SMILES string of the molecule is CC(=O)N1CC[C@H]2CC[C@@H](C(=O)N(C)c3ccc(OC(F)(F)F)cc3)N2C(=O)[C@@H](NC(=O)c2cc3cc(C(F)(F)P(O)O)ccc3[nH]2)C1. The Kier molecular flexibility index (Phi) is 9.68. The Morgan fingerprint density at radius 1 is 1.02 bits per heavy atom. The second kappa shape index (κ2) is 13.3. The Balaban J connectivity index is 1.38. The summed E-state index contributed by atoms with van der Waals surface area (Å²) in [5.41, 5.74) is -4.16. The number of likely N-dealkylation sites (N-methyl/N-ethyl adjacent to an activating group) is 1. The molecule has 4 amide bonds. The number of carbonyl (C=O) groups is 4. The third kappa shape index (κ3) is 7.22. The van der Waals surface area contributed by atoms with Crippen molar-refractivity contribution in [3.05, 3.63) is 59.8 Å². The topological polar surface area (TPSA) is 156 Å². The Morgan fingerprint density at radius 3 is 2.33 bits per heavy atom. The molecule has 3 aromatic rings. The summed E-state index contributed by atoms with van der Waals surface area (Å²) >= 11 is 0. The summed E-state index contributed by atoms with van der Waals surface area (Å²) in [4.78, 5) is 78.7. The van der Waals surface area contributed by atoms with Crippen molar-refractivity contribution in [2.75, 3.05) is 25.0 Å². The number of aromatic nitrogens is 1. The molecule has 4 N–H and O–H groups in total. The van der Waals surface area contributed by atoms with Crippen molar-refractivity contribution in [2.24, 2.45) is 0 Å². The molecule has 3 atom stereocenters. The Morgan fingerprint density at radius 2 is 1.71 bits per heavy atom. The number of amides is 4. The molecule has 0 aliphatic carbocycles. The zero-order valence-corrected chi connectivity index (χ0v) is 26.4. The number of anilines is 1. The van der Waals surface area contributed by atoms with Gasteiger partial charge < -0.3 is 39.5 Å². The van der Waals surface area contributed by atoms with Crippen LogP contribution < -0.4 is 15.0 Å². The number of hydrogen-bond donors (Lipinski definition) is 4. The van der Waals surface area contributed by atoms with Gasteiger partial charge in [0.05, 0.1) is 0 Å². The van der Waals surface area contributed by atoms with Crippen LogP contribution in [0, 0.1) is 0 Å². The third-order valence-corrected chi connectivity index (χ3v) is 9.24. The first-order valence-corrected chi connectivity index (χ1v) is 15.9. The smallest absolute Gasteiger partial charge is 0.406 e. The highest BCUT2D eigenvalue weighted by molar-refractivity contribution is 7.46. The molecule has 2 fully saturated rings. The van der Waals surface area contributed by atoms with E-state index in [1.54, 1.807) is 0 Å². The number of benzene rings is 2. The molecule has 0 unspecified atom stereocenters. The van der Waals surface area contributed by atoms with E-state index in [-0.39, 0.29) is 47.7 Å². The normalized spacial score (nSPS) is 20.4. The predicted octanol–water partition coefficient (Wildman–Crippen LogP) is 3.79. The summed E-state index contributed by atoms with van der Waals surface area (Å²) in [5.74, 6) is -2.76. The molecular formula is C30H31F5N5O7P. The van der Waals surface area contributed by atoms with Crippen LogP contribution >= 0.6 is 8.38 Å². The lowest BCUT2D eigenvalue weighted by atomic mass is 10.1. The van der Waals surface area contributed by atoms with Crippen molar-refractivity contribution in [2.45, 2.75) is 56.3 Å². The number of ether oxygens (including phenoxy) is 1. The van der Waals surface area contributed by atoms with E-state index >= 15 is 0 Å². The minimum atomic E-state index is -4.89. The van der Waals surface area contributed by atoms with Gasteiger partial charge >= 0.3 is 12.0 Å². The predicted molar refractivity (Wildman–Crippen MR) is 162 cm³/mol. The number of H-pyrrole nitrogens is 1. The monoisotopic (exact) mass is 699 g/mol. The van der Waals surface area contributed by atoms with E-state index in [2.05, 4.69) is 15.0 Å². The number of halogens is 5. The van der Waals surface area contributed by atoms with Crippen molar-refractivity contribution < 1.29 is 55.7 Å². The first-order chi connectivity index (χ1) is 22.5. The molecule has 12 nitrogen and oxygen atoms in total. The van der Waals surface area contributed by atoms with Gasteiger partial charge in [-0.2, -0.15) is 8.78 Å². The maximum atomic E-state index is 14.2. The minimum Gasteiger partial charge on any atom is -0.406 e. The van der Waals surface area contributed by atoms with Crippen molar-refractivity contribution in [3.63, 3.8) is 0 Å². The fourth-order valence-electron chi connectivity index (χ4n) is 6.03. The quantitative estimate of drug-likeness (QED) is 0.216. The second-order valence-corrected chi connectivity index (χ2v) is 12.7. The molecule has 48 heavy (non-hydrogen) atoms. The van der Waals surface area contributed by atoms with Crippen LogP contribution in [0.15, 0.2) is 48.5 Å². The first-order valence-electron chi connectivity index (χ1n) is 14.7. The number of nitrogens with one attached hydrogen (secondary N) is 2. The van der Waals surface area contributed by atoms with Gasteiger partial charge in [0.15, 0.2) is 0 Å². The van der Waals surface area contributed by atoms with Gasteiger partial charge in [-0.15, -0.1) is 13.2 Å². The second-order valence-electron chi connectivity index (χ2n) is 11.5. The maximum Gasteiger partial charge on any atom is 0.573 e. The van der Waals surface area contributed by atoms with Gasteiger partial charge in [0.25, 0.3) is 5.91 Å². The number of nitrogens with zero attached hydrogens (tertiary/aromatic N) is 3. The standard InChI is InChI=1S/C30H31F5N5O7P/c1-16(41)39-12-11-20-6-10-25(28(44)38(2)19-4-7-21(8-5-19)47-30(33,34)35)40(20)27(43)24(15-39)37-26(42)23-14-17-13-18(3-9-22(17)36-23)29(31,32)48(45)46/h3-5,7-9,13-14,20,24-25,36,45-46H,6,10-12,15H2,1-2H3,(H,37,42)/t20-,24+,25+/m1/s1. The van der Waals surface area contributed by atoms with E-state index in [9.17, 15) is 41.1 Å². The average Bonchev–Trinajstić information content (AvgIpc) is 3.64. The summed E-state index contributed by atoms with van der Waals surface area (Å²) in [6, 6.07) is 6.39. The van der Waals surface area contributed by atoms with Crippen LogP contribution in [-0.4, -0.2) is 92.8 Å². The molecule has 2 saturated heterocycles. The molecule has 5 rings (SSSR count). The van der Waals surface area contributed by atoms with Crippen molar-refractivity contribution in [3.8, 4) is 5.75 Å². The van der Waals surface area contributed by atoms with Gasteiger partial charge in [-0.25, -0.2) is 0 Å². The molecule has 1 aromatic heterocycles. The van der Waals surface area contributed by atoms with E-state index in [0.29, 0.717) is 12.8 Å². The number of alkyl halides is 5. The summed E-state index contributed by atoms with van der Waals surface area (Å²) in [6.45, 7) is 1.34. The van der Waals surface area contributed by atoms with Gasteiger partial charge in [0.1, 0.15) is 23.5 Å². The molecule has 258 valence electrons. The third-order valence-electron chi connectivity index (χ3n) is 8.48. The van der Waals surface area contributed by atoms with Gasteiger partial charge in [0, 0.05) is 55.3 Å². The summed E-state index contributed by atoms with van der Waals surface area (Å²) < 4.78 is 70.0. The molecule has 0 spiro atoms. The fraction of sp³-hybridized carbons (Fsp3) is 0.400. The number of rotatable bonds is 7. The van der Waals surface area contributed by atoms with E-state index in [4.69, 9.17) is 9.79 Å². The Labute approximate surface area is 271 Å². The van der Waals surface area contributed by atoms with Gasteiger partial charge in [-0.1, -0.05) is 6.07 Å². The van der Waals surface area contributed by atoms with E-state index < -0.39 is 67.6 Å². The van der Waals surface area contributed by atoms with E-state index in [1.165, 1.54) is 52.9 Å². The largest absolute Gasteiger partial charge is 0.573 e. The van der Waals surface area contributed by atoms with Crippen LogP contribution in [0.3, 0.4) is 0 Å². The number of hydrogen-bond acceptors (Lipinski definition) is 7. The van der Waals surface area contributed by atoms with Crippen LogP contribution in [0.4, 0.5) is 27.6 Å². The highest BCUT2D eigenvalue weighted by Gasteiger charge is 2.46. The number of aromatic amines is 1. The van der Waals surface area contributed by atoms with E-state index in [1.807, 2.05) is 0 Å². The lowest BCUT2D eigenvalue weighted by Gasteiger charge is -2.39. The summed E-state index contributed by atoms with van der Waals surface area (Å²) in [6.07, 6.45) is -3.85. The van der Waals surface area contributed by atoms with Gasteiger partial charge in [0.2, 0.25) is 26.1 Å². The number of carbonyl (C=O) groups excluding carboxylic acids is 4. The molecule has 18 heteroatoms. The lowest BCUT2D eigenvalue weighted by Crippen LogP contribution is -2.61. The van der Waals surface area contributed by atoms with Crippen molar-refractivity contribution >= 4 is 48.6 Å². The zero-order chi connectivity index (χ0) is 35.1. The van der Waals surface area contributed by atoms with Crippen LogP contribution in [0.25, 0.3) is 10.9 Å². The Hall–Kier alpha value is -4.34. The Bertz CT molecular complexity index is 1720. The fourth-order valence-corrected chi connectivity index (χ4v) is 6.40. The van der Waals surface area contributed by atoms with Crippen LogP contribution in [0.1, 0.15) is 42.2 Å².